The lowest BCUT2D eigenvalue weighted by Crippen LogP contribution is -2.12. The molecule has 1 amide bonds. The monoisotopic (exact) mass is 284 g/mol. The van der Waals surface area contributed by atoms with Crippen LogP contribution in [0.1, 0.15) is 9.67 Å². The summed E-state index contributed by atoms with van der Waals surface area (Å²) in [7, 11) is 1.64. The van der Waals surface area contributed by atoms with Gasteiger partial charge in [-0.25, -0.2) is 13.8 Å². The van der Waals surface area contributed by atoms with E-state index in [0.717, 1.165) is 29.5 Å². The largest absolute Gasteiger partial charge is 0.382 e. The number of hydrogen-bond donors (Lipinski definition) is 3. The maximum atomic E-state index is 13.0. The van der Waals surface area contributed by atoms with Crippen molar-refractivity contribution in [3.8, 4) is 0 Å². The Morgan fingerprint density at radius 3 is 2.47 bits per heavy atom. The zero-order chi connectivity index (χ0) is 14.0. The Labute approximate surface area is 111 Å². The molecule has 0 aliphatic carbocycles. The van der Waals surface area contributed by atoms with Crippen LogP contribution in [0.5, 0.6) is 0 Å². The molecule has 1 heterocycles. The highest BCUT2D eigenvalue weighted by Gasteiger charge is 2.16. The Kier molecular flexibility index (Phi) is 3.61. The fourth-order valence-corrected chi connectivity index (χ4v) is 2.15. The quantitative estimate of drug-likeness (QED) is 0.808. The molecule has 0 fully saturated rings. The van der Waals surface area contributed by atoms with Gasteiger partial charge >= 0.3 is 0 Å². The molecular weight excluding hydrogens is 274 g/mol. The number of benzene rings is 1. The van der Waals surface area contributed by atoms with Crippen molar-refractivity contribution >= 4 is 33.9 Å². The van der Waals surface area contributed by atoms with E-state index in [1.807, 2.05) is 0 Å². The van der Waals surface area contributed by atoms with Gasteiger partial charge in [0.1, 0.15) is 22.3 Å². The second kappa shape index (κ2) is 5.19. The van der Waals surface area contributed by atoms with Crippen LogP contribution in [0.3, 0.4) is 0 Å². The van der Waals surface area contributed by atoms with Gasteiger partial charge in [0.15, 0.2) is 5.13 Å². The lowest BCUT2D eigenvalue weighted by atomic mass is 10.3. The predicted molar refractivity (Wildman–Crippen MR) is 70.4 cm³/mol. The maximum Gasteiger partial charge on any atom is 0.269 e. The van der Waals surface area contributed by atoms with Crippen molar-refractivity contribution < 1.29 is 13.6 Å². The summed E-state index contributed by atoms with van der Waals surface area (Å²) < 4.78 is 26.0. The highest BCUT2D eigenvalue weighted by atomic mass is 32.1. The summed E-state index contributed by atoms with van der Waals surface area (Å²) in [5.74, 6) is -2.06. The number of hydrogen-bond acceptors (Lipinski definition) is 5. The lowest BCUT2D eigenvalue weighted by Gasteiger charge is -2.04. The Morgan fingerprint density at radius 2 is 1.95 bits per heavy atom. The van der Waals surface area contributed by atoms with Gasteiger partial charge in [-0.15, -0.1) is 0 Å². The Balaban J connectivity index is 2.22. The number of aromatic nitrogens is 1. The molecule has 1 aromatic heterocycles. The van der Waals surface area contributed by atoms with E-state index in [9.17, 15) is 13.6 Å². The summed E-state index contributed by atoms with van der Waals surface area (Å²) in [6.07, 6.45) is 0. The topological polar surface area (TPSA) is 80.0 Å². The number of rotatable bonds is 3. The highest BCUT2D eigenvalue weighted by Crippen LogP contribution is 2.25. The van der Waals surface area contributed by atoms with Crippen molar-refractivity contribution in [2.24, 2.45) is 0 Å². The second-order valence-electron chi connectivity index (χ2n) is 3.60. The molecule has 0 aliphatic rings. The number of anilines is 3. The molecule has 0 radical (unpaired) electrons. The smallest absolute Gasteiger partial charge is 0.269 e. The molecule has 0 spiro atoms. The average Bonchev–Trinajstić information content (AvgIpc) is 2.69. The third-order valence-corrected chi connectivity index (χ3v) is 3.28. The fraction of sp³-hybridized carbons (Fsp3) is 0.0909. The molecular formula is C11H10F2N4OS. The van der Waals surface area contributed by atoms with Crippen molar-refractivity contribution in [2.45, 2.75) is 0 Å². The van der Waals surface area contributed by atoms with E-state index >= 15 is 0 Å². The molecule has 0 bridgehead atoms. The van der Waals surface area contributed by atoms with Crippen molar-refractivity contribution in [1.29, 1.82) is 0 Å². The van der Waals surface area contributed by atoms with Gasteiger partial charge in [-0.05, 0) is 12.1 Å². The van der Waals surface area contributed by atoms with Crippen LogP contribution in [0.25, 0.3) is 0 Å². The molecule has 100 valence electrons. The van der Waals surface area contributed by atoms with E-state index in [2.05, 4.69) is 15.6 Å². The van der Waals surface area contributed by atoms with Crippen LogP contribution in [0, 0.1) is 11.6 Å². The van der Waals surface area contributed by atoms with Crippen LogP contribution >= 0.6 is 11.3 Å². The first kappa shape index (κ1) is 13.2. The standard InChI is InChI=1S/C11H10F2N4OS/c1-15-11-17-9(14)8(19-11)10(18)16-7-3-5(12)2-6(13)4-7/h2-4H,14H2,1H3,(H,15,17)(H,16,18). The molecule has 0 aliphatic heterocycles. The summed E-state index contributed by atoms with van der Waals surface area (Å²) >= 11 is 1.05. The SMILES string of the molecule is CNc1nc(N)c(C(=O)Nc2cc(F)cc(F)c2)s1. The zero-order valence-electron chi connectivity index (χ0n) is 9.83. The Morgan fingerprint density at radius 1 is 1.32 bits per heavy atom. The van der Waals surface area contributed by atoms with Crippen LogP contribution in [-0.4, -0.2) is 17.9 Å². The van der Waals surface area contributed by atoms with Crippen molar-refractivity contribution in [3.63, 3.8) is 0 Å². The molecule has 2 aromatic rings. The first-order valence-corrected chi connectivity index (χ1v) is 6.02. The lowest BCUT2D eigenvalue weighted by molar-refractivity contribution is 0.103. The first-order chi connectivity index (χ1) is 8.99. The van der Waals surface area contributed by atoms with Gasteiger partial charge in [0, 0.05) is 18.8 Å². The third-order valence-electron chi connectivity index (χ3n) is 2.19. The minimum absolute atomic E-state index is 0.0151. The van der Waals surface area contributed by atoms with Gasteiger partial charge in [0.05, 0.1) is 0 Å². The van der Waals surface area contributed by atoms with Crippen LogP contribution < -0.4 is 16.4 Å². The van der Waals surface area contributed by atoms with E-state index < -0.39 is 17.5 Å². The number of carbonyl (C=O) groups excluding carboxylic acids is 1. The molecule has 5 nitrogen and oxygen atoms in total. The normalized spacial score (nSPS) is 10.3. The number of carbonyl (C=O) groups is 1. The summed E-state index contributed by atoms with van der Waals surface area (Å²) in [6.45, 7) is 0. The molecule has 19 heavy (non-hydrogen) atoms. The minimum atomic E-state index is -0.775. The van der Waals surface area contributed by atoms with Gasteiger partial charge in [-0.3, -0.25) is 4.79 Å². The van der Waals surface area contributed by atoms with Crippen molar-refractivity contribution in [1.82, 2.24) is 4.98 Å². The van der Waals surface area contributed by atoms with Gasteiger partial charge in [0.2, 0.25) is 0 Å². The van der Waals surface area contributed by atoms with Crippen LogP contribution in [0.4, 0.5) is 25.4 Å². The Bertz CT molecular complexity index is 609. The first-order valence-electron chi connectivity index (χ1n) is 5.21. The van der Waals surface area contributed by atoms with Crippen LogP contribution in [0.2, 0.25) is 0 Å². The molecule has 8 heteroatoms. The highest BCUT2D eigenvalue weighted by molar-refractivity contribution is 7.18. The van der Waals surface area contributed by atoms with E-state index in [4.69, 9.17) is 5.73 Å². The third kappa shape index (κ3) is 2.97. The molecule has 0 saturated carbocycles. The number of nitrogen functional groups attached to an aromatic ring is 1. The number of thiazole rings is 1. The van der Waals surface area contributed by atoms with Crippen LogP contribution in [-0.2, 0) is 0 Å². The van der Waals surface area contributed by atoms with Gasteiger partial charge in [0.25, 0.3) is 5.91 Å². The number of halogens is 2. The molecule has 0 unspecified atom stereocenters. The summed E-state index contributed by atoms with van der Waals surface area (Å²) in [6, 6.07) is 2.74. The van der Waals surface area contributed by atoms with Crippen molar-refractivity contribution in [2.75, 3.05) is 23.4 Å². The molecule has 1 aromatic carbocycles. The van der Waals surface area contributed by atoms with Gasteiger partial charge in [-0.2, -0.15) is 0 Å². The average molecular weight is 284 g/mol. The molecule has 0 atom stereocenters. The van der Waals surface area contributed by atoms with Crippen LogP contribution in [0.15, 0.2) is 18.2 Å². The van der Waals surface area contributed by atoms with E-state index in [1.54, 1.807) is 7.05 Å². The van der Waals surface area contributed by atoms with Gasteiger partial charge < -0.3 is 16.4 Å². The molecule has 4 N–H and O–H groups in total. The second-order valence-corrected chi connectivity index (χ2v) is 4.59. The number of nitrogens with zero attached hydrogens (tertiary/aromatic N) is 1. The summed E-state index contributed by atoms with van der Waals surface area (Å²) in [4.78, 5) is 16.0. The fourth-order valence-electron chi connectivity index (χ4n) is 1.42. The van der Waals surface area contributed by atoms with Crippen molar-refractivity contribution in [3.05, 3.63) is 34.7 Å². The van der Waals surface area contributed by atoms with E-state index in [-0.39, 0.29) is 16.4 Å². The van der Waals surface area contributed by atoms with E-state index in [1.165, 1.54) is 0 Å². The molecule has 2 rings (SSSR count). The summed E-state index contributed by atoms with van der Waals surface area (Å²) in [5.41, 5.74) is 5.60. The zero-order valence-corrected chi connectivity index (χ0v) is 10.6. The van der Waals surface area contributed by atoms with E-state index in [0.29, 0.717) is 5.13 Å². The molecule has 0 saturated heterocycles. The van der Waals surface area contributed by atoms with Gasteiger partial charge in [-0.1, -0.05) is 11.3 Å². The predicted octanol–water partition coefficient (Wildman–Crippen LogP) is 2.30. The number of amides is 1. The number of nitrogens with one attached hydrogen (secondary N) is 2. The summed E-state index contributed by atoms with van der Waals surface area (Å²) in [5, 5.41) is 5.59. The Hall–Kier alpha value is -2.22. The maximum absolute atomic E-state index is 13.0. The number of nitrogens with two attached hydrogens (primary N) is 1. The minimum Gasteiger partial charge on any atom is -0.382 e.